The molecule has 0 atom stereocenters. The zero-order valence-electron chi connectivity index (χ0n) is 14.4. The molecule has 2 aliphatic rings. The van der Waals surface area contributed by atoms with Crippen LogP contribution in [-0.4, -0.2) is 34.1 Å². The van der Waals surface area contributed by atoms with Gasteiger partial charge in [-0.05, 0) is 56.3 Å². The molecule has 0 radical (unpaired) electrons. The second-order valence-electron chi connectivity index (χ2n) is 6.92. The summed E-state index contributed by atoms with van der Waals surface area (Å²) in [5.41, 5.74) is 2.05. The summed E-state index contributed by atoms with van der Waals surface area (Å²) in [5.74, 6) is 1.29. The summed E-state index contributed by atoms with van der Waals surface area (Å²) in [6, 6.07) is 6.80. The number of anilines is 1. The fourth-order valence-electron chi connectivity index (χ4n) is 3.30. The van der Waals surface area contributed by atoms with Crippen LogP contribution < -0.4 is 10.6 Å². The van der Waals surface area contributed by atoms with Crippen molar-refractivity contribution in [3.8, 4) is 21.1 Å². The third-order valence-electron chi connectivity index (χ3n) is 4.89. The Bertz CT molecular complexity index is 879. The van der Waals surface area contributed by atoms with E-state index in [2.05, 4.69) is 33.1 Å². The van der Waals surface area contributed by atoms with Crippen LogP contribution in [-0.2, 0) is 0 Å². The quantitative estimate of drug-likeness (QED) is 0.685. The van der Waals surface area contributed by atoms with E-state index in [1.165, 1.54) is 27.6 Å². The molecule has 7 heteroatoms. The first-order chi connectivity index (χ1) is 12.9. The molecular weight excluding hydrogens is 362 g/mol. The van der Waals surface area contributed by atoms with Crippen molar-refractivity contribution in [1.82, 2.24) is 20.3 Å². The first kappa shape index (κ1) is 16.4. The lowest BCUT2D eigenvalue weighted by Gasteiger charge is -2.20. The van der Waals surface area contributed by atoms with Gasteiger partial charge in [-0.3, -0.25) is 0 Å². The standard InChI is InChI=1S/C19H21N5S2/c1-2-15(25-11-1)16-17(26-18(24-16)12-5-8-20-9-6-12)14-7-10-21-19(23-14)22-13-3-4-13/h1-2,7,10-13,20H,3-6,8-9H2,(H,21,22,23). The van der Waals surface area contributed by atoms with Crippen LogP contribution in [0.25, 0.3) is 21.1 Å². The fraction of sp³-hybridized carbons (Fsp3) is 0.421. The average molecular weight is 384 g/mol. The van der Waals surface area contributed by atoms with Gasteiger partial charge in [0.1, 0.15) is 5.69 Å². The van der Waals surface area contributed by atoms with E-state index in [0.29, 0.717) is 12.0 Å². The highest BCUT2D eigenvalue weighted by Crippen LogP contribution is 2.41. The number of hydrogen-bond donors (Lipinski definition) is 2. The molecule has 5 rings (SSSR count). The lowest BCUT2D eigenvalue weighted by molar-refractivity contribution is 0.459. The van der Waals surface area contributed by atoms with E-state index in [1.807, 2.05) is 23.6 Å². The third kappa shape index (κ3) is 3.39. The van der Waals surface area contributed by atoms with Gasteiger partial charge in [-0.2, -0.15) is 0 Å². The van der Waals surface area contributed by atoms with Crippen LogP contribution in [0.5, 0.6) is 0 Å². The number of thiophene rings is 1. The maximum absolute atomic E-state index is 5.08. The molecule has 0 amide bonds. The molecule has 0 bridgehead atoms. The van der Waals surface area contributed by atoms with Gasteiger partial charge in [0.05, 0.1) is 20.5 Å². The first-order valence-corrected chi connectivity index (χ1v) is 10.9. The SMILES string of the molecule is c1csc(-c2nc(C3CCNCC3)sc2-c2ccnc(NC3CC3)n2)c1. The molecule has 1 aliphatic carbocycles. The lowest BCUT2D eigenvalue weighted by Crippen LogP contribution is -2.26. The topological polar surface area (TPSA) is 62.7 Å². The van der Waals surface area contributed by atoms with E-state index in [1.54, 1.807) is 11.3 Å². The summed E-state index contributed by atoms with van der Waals surface area (Å²) in [6.45, 7) is 2.16. The molecule has 0 spiro atoms. The number of piperidine rings is 1. The Hall–Kier alpha value is -1.83. The van der Waals surface area contributed by atoms with E-state index < -0.39 is 0 Å². The minimum atomic E-state index is 0.550. The van der Waals surface area contributed by atoms with Gasteiger partial charge in [-0.15, -0.1) is 22.7 Å². The third-order valence-corrected chi connectivity index (χ3v) is 7.00. The molecule has 4 heterocycles. The monoisotopic (exact) mass is 383 g/mol. The first-order valence-electron chi connectivity index (χ1n) is 9.22. The molecule has 26 heavy (non-hydrogen) atoms. The minimum Gasteiger partial charge on any atom is -0.351 e. The number of nitrogens with one attached hydrogen (secondary N) is 2. The molecule has 2 fully saturated rings. The number of hydrogen-bond acceptors (Lipinski definition) is 7. The molecule has 1 saturated carbocycles. The highest BCUT2D eigenvalue weighted by molar-refractivity contribution is 7.17. The van der Waals surface area contributed by atoms with Crippen molar-refractivity contribution in [3.05, 3.63) is 34.8 Å². The number of nitrogens with zero attached hydrogens (tertiary/aromatic N) is 3. The van der Waals surface area contributed by atoms with Gasteiger partial charge in [0.15, 0.2) is 0 Å². The van der Waals surface area contributed by atoms with Gasteiger partial charge in [-0.25, -0.2) is 15.0 Å². The van der Waals surface area contributed by atoms with Gasteiger partial charge in [0, 0.05) is 18.2 Å². The number of thiazole rings is 1. The highest BCUT2D eigenvalue weighted by Gasteiger charge is 2.25. The average Bonchev–Trinajstić information content (AvgIpc) is 3.17. The molecule has 5 nitrogen and oxygen atoms in total. The molecule has 2 N–H and O–H groups in total. The van der Waals surface area contributed by atoms with Crippen molar-refractivity contribution < 1.29 is 0 Å². The lowest BCUT2D eigenvalue weighted by atomic mass is 9.99. The molecular formula is C19H21N5S2. The molecule has 1 aliphatic heterocycles. The molecule has 1 saturated heterocycles. The second-order valence-corrected chi connectivity index (χ2v) is 8.89. The Morgan fingerprint density at radius 1 is 1.08 bits per heavy atom. The van der Waals surface area contributed by atoms with E-state index >= 15 is 0 Å². The summed E-state index contributed by atoms with van der Waals surface area (Å²) in [6.07, 6.45) is 6.61. The van der Waals surface area contributed by atoms with Crippen LogP contribution in [0, 0.1) is 0 Å². The Labute approximate surface area is 160 Å². The molecule has 0 unspecified atom stereocenters. The van der Waals surface area contributed by atoms with Gasteiger partial charge < -0.3 is 10.6 Å². The number of aromatic nitrogens is 3. The van der Waals surface area contributed by atoms with Crippen molar-refractivity contribution in [1.29, 1.82) is 0 Å². The van der Waals surface area contributed by atoms with Crippen molar-refractivity contribution >= 4 is 28.6 Å². The Morgan fingerprint density at radius 2 is 1.96 bits per heavy atom. The maximum Gasteiger partial charge on any atom is 0.223 e. The van der Waals surface area contributed by atoms with Crippen molar-refractivity contribution in [2.24, 2.45) is 0 Å². The van der Waals surface area contributed by atoms with Crippen LogP contribution in [0.2, 0.25) is 0 Å². The maximum atomic E-state index is 5.08. The van der Waals surface area contributed by atoms with Gasteiger partial charge in [0.25, 0.3) is 0 Å². The summed E-state index contributed by atoms with van der Waals surface area (Å²) in [7, 11) is 0. The molecule has 134 valence electrons. The fourth-order valence-corrected chi connectivity index (χ4v) is 5.30. The zero-order valence-corrected chi connectivity index (χ0v) is 16.1. The van der Waals surface area contributed by atoms with Crippen molar-refractivity contribution in [2.45, 2.75) is 37.6 Å². The van der Waals surface area contributed by atoms with Crippen LogP contribution in [0.1, 0.15) is 36.6 Å². The Balaban J connectivity index is 1.54. The summed E-state index contributed by atoms with van der Waals surface area (Å²) in [4.78, 5) is 16.6. The largest absolute Gasteiger partial charge is 0.351 e. The summed E-state index contributed by atoms with van der Waals surface area (Å²) in [5, 5.41) is 10.2. The van der Waals surface area contributed by atoms with Crippen LogP contribution in [0.4, 0.5) is 5.95 Å². The van der Waals surface area contributed by atoms with Gasteiger partial charge >= 0.3 is 0 Å². The van der Waals surface area contributed by atoms with Crippen molar-refractivity contribution in [2.75, 3.05) is 18.4 Å². The Kier molecular flexibility index (Phi) is 4.44. The van der Waals surface area contributed by atoms with Gasteiger partial charge in [-0.1, -0.05) is 6.07 Å². The van der Waals surface area contributed by atoms with Crippen LogP contribution in [0.15, 0.2) is 29.8 Å². The highest BCUT2D eigenvalue weighted by atomic mass is 32.1. The van der Waals surface area contributed by atoms with E-state index in [4.69, 9.17) is 9.97 Å². The molecule has 3 aromatic rings. The van der Waals surface area contributed by atoms with Crippen LogP contribution in [0.3, 0.4) is 0 Å². The number of rotatable bonds is 5. The van der Waals surface area contributed by atoms with Crippen LogP contribution >= 0.6 is 22.7 Å². The smallest absolute Gasteiger partial charge is 0.223 e. The normalized spacial score (nSPS) is 18.2. The van der Waals surface area contributed by atoms with E-state index in [9.17, 15) is 0 Å². The Morgan fingerprint density at radius 3 is 2.73 bits per heavy atom. The van der Waals surface area contributed by atoms with E-state index in [0.717, 1.165) is 43.3 Å². The predicted octanol–water partition coefficient (Wildman–Crippen LogP) is 4.37. The van der Waals surface area contributed by atoms with E-state index in [-0.39, 0.29) is 0 Å². The minimum absolute atomic E-state index is 0.550. The second kappa shape index (κ2) is 7.06. The summed E-state index contributed by atoms with van der Waals surface area (Å²) >= 11 is 3.55. The van der Waals surface area contributed by atoms with Crippen molar-refractivity contribution in [3.63, 3.8) is 0 Å². The molecule has 0 aromatic carbocycles. The summed E-state index contributed by atoms with van der Waals surface area (Å²) < 4.78 is 0. The molecule has 3 aromatic heterocycles. The zero-order chi connectivity index (χ0) is 17.3. The predicted molar refractivity (Wildman–Crippen MR) is 108 cm³/mol. The van der Waals surface area contributed by atoms with Gasteiger partial charge in [0.2, 0.25) is 5.95 Å².